The van der Waals surface area contributed by atoms with E-state index in [4.69, 9.17) is 0 Å². The van der Waals surface area contributed by atoms with E-state index in [2.05, 4.69) is 5.32 Å². The van der Waals surface area contributed by atoms with Crippen LogP contribution in [0.25, 0.3) is 0 Å². The lowest BCUT2D eigenvalue weighted by atomic mass is 10.1. The quantitative estimate of drug-likeness (QED) is 0.686. The molecule has 0 atom stereocenters. The van der Waals surface area contributed by atoms with Gasteiger partial charge in [0.25, 0.3) is 11.5 Å². The van der Waals surface area contributed by atoms with Gasteiger partial charge in [-0.25, -0.2) is 0 Å². The summed E-state index contributed by atoms with van der Waals surface area (Å²) in [5.74, 6) is -0.555. The molecule has 0 aliphatic rings. The maximum Gasteiger partial charge on any atom is 0.274 e. The lowest BCUT2D eigenvalue weighted by molar-refractivity contribution is -0.131. The van der Waals surface area contributed by atoms with Crippen molar-refractivity contribution in [1.29, 1.82) is 0 Å². The van der Waals surface area contributed by atoms with Crippen molar-refractivity contribution in [2.24, 2.45) is 0 Å². The van der Waals surface area contributed by atoms with Crippen LogP contribution in [0.15, 0.2) is 71.5 Å². The van der Waals surface area contributed by atoms with Gasteiger partial charge in [-0.15, -0.1) is 0 Å². The van der Waals surface area contributed by atoms with E-state index in [1.807, 2.05) is 49.4 Å². The second-order valence-corrected chi connectivity index (χ2v) is 7.34. The number of carbonyl (C=O) groups excluding carboxylic acids is 2. The first-order valence-corrected chi connectivity index (χ1v) is 9.71. The molecule has 0 aliphatic carbocycles. The summed E-state index contributed by atoms with van der Waals surface area (Å²) in [5.41, 5.74) is 2.90. The number of pyridine rings is 1. The van der Waals surface area contributed by atoms with Crippen LogP contribution >= 0.6 is 0 Å². The number of hydrogen-bond donors (Lipinski definition) is 1. The third kappa shape index (κ3) is 5.03. The van der Waals surface area contributed by atoms with Crippen LogP contribution in [0.1, 0.15) is 27.2 Å². The normalized spacial score (nSPS) is 10.5. The third-order valence-corrected chi connectivity index (χ3v) is 4.94. The summed E-state index contributed by atoms with van der Waals surface area (Å²) < 4.78 is 1.38. The lowest BCUT2D eigenvalue weighted by Crippen LogP contribution is -2.35. The molecule has 3 aromatic rings. The maximum absolute atomic E-state index is 12.9. The van der Waals surface area contributed by atoms with Gasteiger partial charge < -0.3 is 14.8 Å². The van der Waals surface area contributed by atoms with Crippen LogP contribution in [-0.2, 0) is 17.9 Å². The molecule has 0 spiro atoms. The Morgan fingerprint density at radius 2 is 1.60 bits per heavy atom. The molecule has 1 aromatic heterocycles. The second kappa shape index (κ2) is 9.22. The number of amides is 2. The Hall–Kier alpha value is -3.67. The summed E-state index contributed by atoms with van der Waals surface area (Å²) in [6.07, 6.45) is 0. The van der Waals surface area contributed by atoms with E-state index in [0.717, 1.165) is 11.1 Å². The first kappa shape index (κ1) is 21.0. The molecule has 0 bridgehead atoms. The Kier molecular flexibility index (Phi) is 6.47. The minimum absolute atomic E-state index is 0.0950. The van der Waals surface area contributed by atoms with E-state index in [9.17, 15) is 14.4 Å². The first-order chi connectivity index (χ1) is 14.3. The average Bonchev–Trinajstić information content (AvgIpc) is 2.74. The number of likely N-dealkylation sites (N-methyl/N-ethyl adjacent to an activating group) is 1. The van der Waals surface area contributed by atoms with Gasteiger partial charge in [-0.05, 0) is 43.7 Å². The largest absolute Gasteiger partial charge is 0.340 e. The number of nitrogens with one attached hydrogen (secondary N) is 1. The molecule has 2 amide bonds. The van der Waals surface area contributed by atoms with Crippen LogP contribution in [0.5, 0.6) is 0 Å². The summed E-state index contributed by atoms with van der Waals surface area (Å²) >= 11 is 0. The number of aryl methyl sites for hydroxylation is 2. The van der Waals surface area contributed by atoms with Gasteiger partial charge in [-0.3, -0.25) is 14.4 Å². The molecule has 30 heavy (non-hydrogen) atoms. The molecule has 154 valence electrons. The monoisotopic (exact) mass is 403 g/mol. The summed E-state index contributed by atoms with van der Waals surface area (Å²) in [4.78, 5) is 39.6. The van der Waals surface area contributed by atoms with E-state index in [1.54, 1.807) is 43.1 Å². The molecule has 6 heteroatoms. The predicted molar refractivity (Wildman–Crippen MR) is 117 cm³/mol. The molecule has 0 unspecified atom stereocenters. The van der Waals surface area contributed by atoms with Gasteiger partial charge in [0.15, 0.2) is 0 Å². The van der Waals surface area contributed by atoms with E-state index in [0.29, 0.717) is 17.8 Å². The van der Waals surface area contributed by atoms with Crippen molar-refractivity contribution in [3.63, 3.8) is 0 Å². The van der Waals surface area contributed by atoms with Crippen LogP contribution in [0.4, 0.5) is 5.69 Å². The minimum Gasteiger partial charge on any atom is -0.340 e. The zero-order chi connectivity index (χ0) is 21.7. The Bertz CT molecular complexity index is 1100. The highest BCUT2D eigenvalue weighted by Gasteiger charge is 2.15. The van der Waals surface area contributed by atoms with Crippen molar-refractivity contribution < 1.29 is 9.59 Å². The SMILES string of the molecule is Cc1ccc(C(=O)Nc2ccc(C)n(CC(=O)N(C)Cc3ccccc3)c2=O)cc1. The molecule has 1 heterocycles. The lowest BCUT2D eigenvalue weighted by Gasteiger charge is -2.19. The molecule has 1 N–H and O–H groups in total. The van der Waals surface area contributed by atoms with E-state index >= 15 is 0 Å². The van der Waals surface area contributed by atoms with Crippen molar-refractivity contribution in [2.45, 2.75) is 26.9 Å². The Balaban J connectivity index is 1.75. The van der Waals surface area contributed by atoms with Gasteiger partial charge in [0, 0.05) is 24.8 Å². The van der Waals surface area contributed by atoms with E-state index in [-0.39, 0.29) is 24.0 Å². The molecular weight excluding hydrogens is 378 g/mol. The topological polar surface area (TPSA) is 71.4 Å². The zero-order valence-electron chi connectivity index (χ0n) is 17.4. The number of hydrogen-bond acceptors (Lipinski definition) is 3. The smallest absolute Gasteiger partial charge is 0.274 e. The summed E-state index contributed by atoms with van der Waals surface area (Å²) in [6.45, 7) is 4.06. The standard InChI is InChI=1S/C24H25N3O3/c1-17-9-12-20(13-10-17)23(29)25-21-14-11-18(2)27(24(21)30)16-22(28)26(3)15-19-7-5-4-6-8-19/h4-14H,15-16H2,1-3H3,(H,25,29). The van der Waals surface area contributed by atoms with Crippen molar-refractivity contribution in [1.82, 2.24) is 9.47 Å². The highest BCUT2D eigenvalue weighted by molar-refractivity contribution is 6.04. The average molecular weight is 403 g/mol. The van der Waals surface area contributed by atoms with Crippen LogP contribution < -0.4 is 10.9 Å². The zero-order valence-corrected chi connectivity index (χ0v) is 17.4. The number of rotatable bonds is 6. The Labute approximate surface area is 175 Å². The third-order valence-electron chi connectivity index (χ3n) is 4.94. The number of benzene rings is 2. The Morgan fingerprint density at radius 1 is 0.933 bits per heavy atom. The molecule has 6 nitrogen and oxygen atoms in total. The molecule has 0 fully saturated rings. The van der Waals surface area contributed by atoms with Gasteiger partial charge in [-0.1, -0.05) is 48.0 Å². The number of nitrogens with zero attached hydrogens (tertiary/aromatic N) is 2. The highest BCUT2D eigenvalue weighted by Crippen LogP contribution is 2.09. The summed E-state index contributed by atoms with van der Waals surface area (Å²) in [7, 11) is 1.71. The molecule has 0 saturated carbocycles. The predicted octanol–water partition coefficient (Wildman–Crippen LogP) is 3.38. The Morgan fingerprint density at radius 3 is 2.27 bits per heavy atom. The van der Waals surface area contributed by atoms with Gasteiger partial charge in [0.2, 0.25) is 5.91 Å². The fraction of sp³-hybridized carbons (Fsp3) is 0.208. The van der Waals surface area contributed by atoms with Crippen molar-refractivity contribution >= 4 is 17.5 Å². The van der Waals surface area contributed by atoms with E-state index in [1.165, 1.54) is 4.57 Å². The fourth-order valence-corrected chi connectivity index (χ4v) is 3.06. The summed E-state index contributed by atoms with van der Waals surface area (Å²) in [6, 6.07) is 20.0. The summed E-state index contributed by atoms with van der Waals surface area (Å²) in [5, 5.41) is 2.66. The van der Waals surface area contributed by atoms with Crippen LogP contribution in [0.3, 0.4) is 0 Å². The number of aromatic nitrogens is 1. The van der Waals surface area contributed by atoms with Crippen molar-refractivity contribution in [3.05, 3.63) is 99.5 Å². The van der Waals surface area contributed by atoms with Gasteiger partial charge in [-0.2, -0.15) is 0 Å². The number of carbonyl (C=O) groups is 2. The van der Waals surface area contributed by atoms with Crippen molar-refractivity contribution in [3.8, 4) is 0 Å². The highest BCUT2D eigenvalue weighted by atomic mass is 16.2. The molecule has 0 saturated heterocycles. The fourth-order valence-electron chi connectivity index (χ4n) is 3.06. The van der Waals surface area contributed by atoms with Crippen molar-refractivity contribution in [2.75, 3.05) is 12.4 Å². The molecule has 3 rings (SSSR count). The van der Waals surface area contributed by atoms with E-state index < -0.39 is 5.56 Å². The van der Waals surface area contributed by atoms with Crippen LogP contribution in [-0.4, -0.2) is 28.3 Å². The van der Waals surface area contributed by atoms with Crippen LogP contribution in [0, 0.1) is 13.8 Å². The second-order valence-electron chi connectivity index (χ2n) is 7.34. The van der Waals surface area contributed by atoms with Crippen LogP contribution in [0.2, 0.25) is 0 Å². The molecule has 2 aromatic carbocycles. The molecular formula is C24H25N3O3. The maximum atomic E-state index is 12.9. The van der Waals surface area contributed by atoms with Gasteiger partial charge in [0.1, 0.15) is 12.2 Å². The first-order valence-electron chi connectivity index (χ1n) is 9.71. The van der Waals surface area contributed by atoms with Gasteiger partial charge in [0.05, 0.1) is 0 Å². The van der Waals surface area contributed by atoms with Gasteiger partial charge >= 0.3 is 0 Å². The molecule has 0 radical (unpaired) electrons. The minimum atomic E-state index is -0.406. The number of anilines is 1. The molecule has 0 aliphatic heterocycles.